The van der Waals surface area contributed by atoms with Crippen molar-refractivity contribution in [2.24, 2.45) is 0 Å². The van der Waals surface area contributed by atoms with Gasteiger partial charge in [0.1, 0.15) is 4.88 Å². The fourth-order valence-corrected chi connectivity index (χ4v) is 3.21. The number of fused-ring (bicyclic) bond motifs is 1. The number of hydrogen-bond acceptors (Lipinski definition) is 4. The minimum Gasteiger partial charge on any atom is -0.397 e. The fourth-order valence-electron chi connectivity index (χ4n) is 2.17. The number of carbonyl (C=O) groups excluding carboxylic acids is 1. The second-order valence-corrected chi connectivity index (χ2v) is 5.88. The van der Waals surface area contributed by atoms with E-state index in [0.717, 1.165) is 21.2 Å². The lowest BCUT2D eigenvalue weighted by Crippen LogP contribution is -2.23. The molecule has 2 heterocycles. The Bertz CT molecular complexity index is 810. The number of aryl methyl sites for hydroxylation is 1. The van der Waals surface area contributed by atoms with Gasteiger partial charge in [-0.25, -0.2) is 0 Å². The largest absolute Gasteiger partial charge is 0.397 e. The molecule has 3 N–H and O–H groups in total. The monoisotopic (exact) mass is 297 g/mol. The third kappa shape index (κ3) is 2.60. The summed E-state index contributed by atoms with van der Waals surface area (Å²) in [5.74, 6) is -0.142. The van der Waals surface area contributed by atoms with E-state index in [4.69, 9.17) is 5.73 Å². The van der Waals surface area contributed by atoms with Gasteiger partial charge in [-0.1, -0.05) is 18.2 Å². The summed E-state index contributed by atoms with van der Waals surface area (Å²) in [7, 11) is 0. The van der Waals surface area contributed by atoms with Crippen molar-refractivity contribution in [1.82, 2.24) is 10.3 Å². The Kier molecular flexibility index (Phi) is 3.58. The van der Waals surface area contributed by atoms with E-state index in [9.17, 15) is 4.79 Å². The molecular weight excluding hydrogens is 282 g/mol. The molecule has 0 spiro atoms. The van der Waals surface area contributed by atoms with Gasteiger partial charge in [-0.15, -0.1) is 11.3 Å². The molecule has 0 radical (unpaired) electrons. The van der Waals surface area contributed by atoms with Crippen molar-refractivity contribution in [2.75, 3.05) is 5.73 Å². The number of anilines is 1. The number of benzene rings is 1. The number of hydrogen-bond donors (Lipinski definition) is 2. The molecule has 0 aliphatic carbocycles. The van der Waals surface area contributed by atoms with E-state index in [1.54, 1.807) is 12.4 Å². The van der Waals surface area contributed by atoms with E-state index in [1.165, 1.54) is 11.3 Å². The van der Waals surface area contributed by atoms with Crippen LogP contribution in [0.3, 0.4) is 0 Å². The molecule has 1 aromatic carbocycles. The number of nitrogen functional groups attached to an aromatic ring is 1. The van der Waals surface area contributed by atoms with Crippen LogP contribution in [0.5, 0.6) is 0 Å². The lowest BCUT2D eigenvalue weighted by molar-refractivity contribution is 0.0956. The molecule has 0 atom stereocenters. The number of carbonyl (C=O) groups is 1. The van der Waals surface area contributed by atoms with Gasteiger partial charge < -0.3 is 11.1 Å². The first-order chi connectivity index (χ1) is 10.2. The van der Waals surface area contributed by atoms with Crippen LogP contribution in [0.2, 0.25) is 0 Å². The molecule has 0 aliphatic heterocycles. The van der Waals surface area contributed by atoms with Gasteiger partial charge in [0.05, 0.1) is 5.69 Å². The predicted molar refractivity (Wildman–Crippen MR) is 86.4 cm³/mol. The Labute approximate surface area is 126 Å². The van der Waals surface area contributed by atoms with Crippen LogP contribution in [-0.4, -0.2) is 10.9 Å². The molecule has 106 valence electrons. The third-order valence-electron chi connectivity index (χ3n) is 3.43. The van der Waals surface area contributed by atoms with Crippen molar-refractivity contribution < 1.29 is 4.79 Å². The van der Waals surface area contributed by atoms with Crippen molar-refractivity contribution in [3.63, 3.8) is 0 Å². The van der Waals surface area contributed by atoms with Crippen LogP contribution < -0.4 is 11.1 Å². The van der Waals surface area contributed by atoms with E-state index >= 15 is 0 Å². The molecule has 0 bridgehead atoms. The van der Waals surface area contributed by atoms with E-state index in [-0.39, 0.29) is 5.91 Å². The highest BCUT2D eigenvalue weighted by Crippen LogP contribution is 2.33. The smallest absolute Gasteiger partial charge is 0.263 e. The molecule has 0 fully saturated rings. The normalized spacial score (nSPS) is 10.7. The standard InChI is InChI=1S/C16H15N3OS/c1-10-6-7-18-8-11(10)9-19-16(20)15-14(17)12-4-2-3-5-13(12)21-15/h2-8H,9,17H2,1H3,(H,19,20). The number of aromatic nitrogens is 1. The summed E-state index contributed by atoms with van der Waals surface area (Å²) >= 11 is 1.42. The van der Waals surface area contributed by atoms with E-state index in [2.05, 4.69) is 10.3 Å². The summed E-state index contributed by atoms with van der Waals surface area (Å²) in [6, 6.07) is 9.70. The van der Waals surface area contributed by atoms with Crippen molar-refractivity contribution in [3.8, 4) is 0 Å². The molecule has 0 saturated carbocycles. The van der Waals surface area contributed by atoms with Gasteiger partial charge in [-0.3, -0.25) is 9.78 Å². The number of thiophene rings is 1. The fraction of sp³-hybridized carbons (Fsp3) is 0.125. The molecule has 0 saturated heterocycles. The lowest BCUT2D eigenvalue weighted by atomic mass is 10.1. The Morgan fingerprint density at radius 3 is 2.90 bits per heavy atom. The van der Waals surface area contributed by atoms with Gasteiger partial charge in [0.2, 0.25) is 0 Å². The molecule has 3 rings (SSSR count). The van der Waals surface area contributed by atoms with Gasteiger partial charge in [0.25, 0.3) is 5.91 Å². The van der Waals surface area contributed by atoms with Crippen LogP contribution >= 0.6 is 11.3 Å². The average molecular weight is 297 g/mol. The lowest BCUT2D eigenvalue weighted by Gasteiger charge is -2.06. The molecule has 4 nitrogen and oxygen atoms in total. The number of rotatable bonds is 3. The summed E-state index contributed by atoms with van der Waals surface area (Å²) in [5.41, 5.74) is 8.74. The zero-order chi connectivity index (χ0) is 14.8. The molecule has 0 unspecified atom stereocenters. The summed E-state index contributed by atoms with van der Waals surface area (Å²) in [6.07, 6.45) is 3.51. The van der Waals surface area contributed by atoms with Crippen molar-refractivity contribution in [2.45, 2.75) is 13.5 Å². The molecule has 2 aromatic heterocycles. The Balaban J connectivity index is 1.81. The average Bonchev–Trinajstić information content (AvgIpc) is 2.84. The Morgan fingerprint density at radius 1 is 1.33 bits per heavy atom. The first-order valence-corrected chi connectivity index (χ1v) is 7.43. The number of pyridine rings is 1. The minimum atomic E-state index is -0.142. The predicted octanol–water partition coefficient (Wildman–Crippen LogP) is 3.12. The van der Waals surface area contributed by atoms with E-state index in [0.29, 0.717) is 17.1 Å². The molecule has 21 heavy (non-hydrogen) atoms. The van der Waals surface area contributed by atoms with Gasteiger partial charge in [-0.05, 0) is 30.2 Å². The van der Waals surface area contributed by atoms with Crippen LogP contribution in [0.4, 0.5) is 5.69 Å². The van der Waals surface area contributed by atoms with E-state index < -0.39 is 0 Å². The first-order valence-electron chi connectivity index (χ1n) is 6.61. The topological polar surface area (TPSA) is 68.0 Å². The maximum atomic E-state index is 12.3. The molecular formula is C16H15N3OS. The third-order valence-corrected chi connectivity index (χ3v) is 4.61. The zero-order valence-electron chi connectivity index (χ0n) is 11.6. The minimum absolute atomic E-state index is 0.142. The van der Waals surface area contributed by atoms with Crippen LogP contribution in [-0.2, 0) is 6.54 Å². The van der Waals surface area contributed by atoms with Crippen molar-refractivity contribution in [3.05, 3.63) is 58.7 Å². The van der Waals surface area contributed by atoms with Gasteiger partial charge in [0, 0.05) is 29.0 Å². The van der Waals surface area contributed by atoms with Gasteiger partial charge in [-0.2, -0.15) is 0 Å². The summed E-state index contributed by atoms with van der Waals surface area (Å²) < 4.78 is 1.03. The molecule has 5 heteroatoms. The highest BCUT2D eigenvalue weighted by molar-refractivity contribution is 7.21. The van der Waals surface area contributed by atoms with Crippen LogP contribution in [0, 0.1) is 6.92 Å². The number of amides is 1. The number of nitrogens with zero attached hydrogens (tertiary/aromatic N) is 1. The summed E-state index contributed by atoms with van der Waals surface area (Å²) in [5, 5.41) is 3.84. The zero-order valence-corrected chi connectivity index (χ0v) is 12.4. The van der Waals surface area contributed by atoms with Crippen molar-refractivity contribution >= 4 is 33.0 Å². The molecule has 0 aliphatic rings. The SMILES string of the molecule is Cc1ccncc1CNC(=O)c1sc2ccccc2c1N. The number of nitrogens with two attached hydrogens (primary N) is 1. The van der Waals surface area contributed by atoms with Crippen LogP contribution in [0.15, 0.2) is 42.7 Å². The summed E-state index contributed by atoms with van der Waals surface area (Å²) in [6.45, 7) is 2.45. The highest BCUT2D eigenvalue weighted by Gasteiger charge is 2.15. The highest BCUT2D eigenvalue weighted by atomic mass is 32.1. The van der Waals surface area contributed by atoms with Crippen LogP contribution in [0.1, 0.15) is 20.8 Å². The second-order valence-electron chi connectivity index (χ2n) is 4.83. The Hall–Kier alpha value is -2.40. The van der Waals surface area contributed by atoms with Crippen LogP contribution in [0.25, 0.3) is 10.1 Å². The molecule has 1 amide bonds. The van der Waals surface area contributed by atoms with Crippen molar-refractivity contribution in [1.29, 1.82) is 0 Å². The first kappa shape index (κ1) is 13.6. The van der Waals surface area contributed by atoms with Gasteiger partial charge >= 0.3 is 0 Å². The maximum absolute atomic E-state index is 12.3. The number of nitrogens with one attached hydrogen (secondary N) is 1. The second kappa shape index (κ2) is 5.54. The summed E-state index contributed by atoms with van der Waals surface area (Å²) in [4.78, 5) is 17.0. The molecule has 3 aromatic rings. The Morgan fingerprint density at radius 2 is 2.14 bits per heavy atom. The maximum Gasteiger partial charge on any atom is 0.263 e. The van der Waals surface area contributed by atoms with E-state index in [1.807, 2.05) is 37.3 Å². The van der Waals surface area contributed by atoms with Gasteiger partial charge in [0.15, 0.2) is 0 Å². The quantitative estimate of drug-likeness (QED) is 0.780.